The molecule has 0 saturated heterocycles. The molecule has 0 saturated carbocycles. The lowest BCUT2D eigenvalue weighted by atomic mass is 9.91. The third-order valence-corrected chi connectivity index (χ3v) is 6.91. The van der Waals surface area contributed by atoms with Crippen LogP contribution in [0.15, 0.2) is 52.9 Å². The molecule has 6 N–H and O–H groups in total. The van der Waals surface area contributed by atoms with E-state index in [-0.39, 0.29) is 11.7 Å². The van der Waals surface area contributed by atoms with Gasteiger partial charge in [0, 0.05) is 11.6 Å². The highest BCUT2D eigenvalue weighted by Gasteiger charge is 2.38. The Hall–Kier alpha value is -3.08. The molecule has 0 amide bonds. The maximum absolute atomic E-state index is 14.7. The molecular formula is C23H22BrFN6O2. The van der Waals surface area contributed by atoms with Crippen molar-refractivity contribution in [3.05, 3.63) is 64.3 Å². The van der Waals surface area contributed by atoms with Crippen LogP contribution in [0.25, 0.3) is 21.9 Å². The van der Waals surface area contributed by atoms with Gasteiger partial charge >= 0.3 is 0 Å². The number of anilines is 2. The Morgan fingerprint density at radius 1 is 1.15 bits per heavy atom. The lowest BCUT2D eigenvalue weighted by Crippen LogP contribution is -2.30. The molecule has 4 unspecified atom stereocenters. The van der Waals surface area contributed by atoms with E-state index in [0.717, 1.165) is 5.56 Å². The summed E-state index contributed by atoms with van der Waals surface area (Å²) >= 11 is 3.28. The van der Waals surface area contributed by atoms with Gasteiger partial charge in [0.05, 0.1) is 21.4 Å². The minimum atomic E-state index is -1.06. The number of nitrogens with zero attached hydrogens (tertiary/aromatic N) is 4. The number of aliphatic hydroxyl groups is 2. The van der Waals surface area contributed by atoms with Gasteiger partial charge in [0.1, 0.15) is 41.6 Å². The van der Waals surface area contributed by atoms with Crippen molar-refractivity contribution in [3.8, 4) is 0 Å². The summed E-state index contributed by atoms with van der Waals surface area (Å²) in [6.45, 7) is 1.93. The van der Waals surface area contributed by atoms with Crippen molar-refractivity contribution in [3.63, 3.8) is 0 Å². The fourth-order valence-corrected chi connectivity index (χ4v) is 4.89. The third-order valence-electron chi connectivity index (χ3n) is 6.27. The zero-order chi connectivity index (χ0) is 23.4. The average Bonchev–Trinajstić information content (AvgIpc) is 3.32. The Morgan fingerprint density at radius 2 is 1.94 bits per heavy atom. The zero-order valence-corrected chi connectivity index (χ0v) is 19.2. The van der Waals surface area contributed by atoms with E-state index in [0.29, 0.717) is 44.2 Å². The lowest BCUT2D eigenvalue weighted by Gasteiger charge is -2.21. The predicted molar refractivity (Wildman–Crippen MR) is 128 cm³/mol. The fraction of sp³-hybridized carbons (Fsp3) is 0.261. The van der Waals surface area contributed by atoms with Crippen LogP contribution in [0.4, 0.5) is 16.0 Å². The molecule has 0 bridgehead atoms. The second-order valence-corrected chi connectivity index (χ2v) is 9.27. The Kier molecular flexibility index (Phi) is 5.31. The monoisotopic (exact) mass is 512 g/mol. The maximum Gasteiger partial charge on any atom is 0.146 e. The van der Waals surface area contributed by atoms with Crippen LogP contribution in [0.5, 0.6) is 0 Å². The van der Waals surface area contributed by atoms with Crippen molar-refractivity contribution in [2.45, 2.75) is 31.6 Å². The highest BCUT2D eigenvalue weighted by Crippen LogP contribution is 2.37. The average molecular weight is 513 g/mol. The number of benzene rings is 1. The third kappa shape index (κ3) is 3.64. The molecule has 33 heavy (non-hydrogen) atoms. The number of fused-ring (bicyclic) bond motifs is 2. The largest absolute Gasteiger partial charge is 0.388 e. The van der Waals surface area contributed by atoms with Crippen LogP contribution in [-0.4, -0.2) is 41.9 Å². The van der Waals surface area contributed by atoms with Gasteiger partial charge in [0.15, 0.2) is 0 Å². The Balaban J connectivity index is 1.46. The summed E-state index contributed by atoms with van der Waals surface area (Å²) in [5.74, 6) is 0.0861. The second kappa shape index (κ2) is 8.05. The molecule has 1 aromatic carbocycles. The van der Waals surface area contributed by atoms with Gasteiger partial charge in [-0.05, 0) is 63.7 Å². The number of aromatic nitrogens is 4. The number of hydrogen-bond donors (Lipinski definition) is 4. The summed E-state index contributed by atoms with van der Waals surface area (Å²) in [4.78, 5) is 12.5. The van der Waals surface area contributed by atoms with Crippen molar-refractivity contribution in [1.29, 1.82) is 0 Å². The van der Waals surface area contributed by atoms with Crippen molar-refractivity contribution in [1.82, 2.24) is 19.5 Å². The number of hydrogen-bond acceptors (Lipinski definition) is 7. The first-order valence-corrected chi connectivity index (χ1v) is 11.2. The van der Waals surface area contributed by atoms with Gasteiger partial charge in [0.25, 0.3) is 0 Å². The predicted octanol–water partition coefficient (Wildman–Crippen LogP) is 3.13. The topological polar surface area (TPSA) is 136 Å². The van der Waals surface area contributed by atoms with Crippen LogP contribution >= 0.6 is 15.9 Å². The number of nitrogens with two attached hydrogens (primary N) is 2. The van der Waals surface area contributed by atoms with Crippen LogP contribution in [0.2, 0.25) is 0 Å². The fourth-order valence-electron chi connectivity index (χ4n) is 4.58. The molecule has 170 valence electrons. The maximum atomic E-state index is 14.7. The Bertz CT molecular complexity index is 1420. The van der Waals surface area contributed by atoms with E-state index in [4.69, 9.17) is 11.5 Å². The number of aliphatic hydroxyl groups excluding tert-OH is 2. The van der Waals surface area contributed by atoms with Gasteiger partial charge in [-0.2, -0.15) is 0 Å². The molecule has 0 aliphatic heterocycles. The second-order valence-electron chi connectivity index (χ2n) is 8.42. The first kappa shape index (κ1) is 21.7. The number of nitrogen functional groups attached to an aromatic ring is 2. The van der Waals surface area contributed by atoms with E-state index < -0.39 is 24.1 Å². The minimum absolute atomic E-state index is 0.161. The smallest absolute Gasteiger partial charge is 0.146 e. The molecule has 8 nitrogen and oxygen atoms in total. The highest BCUT2D eigenvalue weighted by molar-refractivity contribution is 9.10. The molecule has 4 atom stereocenters. The van der Waals surface area contributed by atoms with Gasteiger partial charge < -0.3 is 26.2 Å². The molecule has 3 heterocycles. The normalized spacial score (nSPS) is 21.6. The summed E-state index contributed by atoms with van der Waals surface area (Å²) < 4.78 is 17.0. The van der Waals surface area contributed by atoms with Gasteiger partial charge in [0.2, 0.25) is 0 Å². The lowest BCUT2D eigenvalue weighted by molar-refractivity contribution is 0.0293. The Morgan fingerprint density at radius 3 is 2.73 bits per heavy atom. The van der Waals surface area contributed by atoms with Gasteiger partial charge in [-0.25, -0.2) is 19.3 Å². The van der Waals surface area contributed by atoms with Crippen molar-refractivity contribution >= 4 is 49.5 Å². The van der Waals surface area contributed by atoms with E-state index in [1.165, 1.54) is 12.4 Å². The standard InChI is InChI=1S/C23H22BrFN6O2/c1-10(4-11-5-16(25)14-7-15(24)22(27)30-17(14)6-11)13-8-18(20(33)19(13)32)31-3-2-12-21(26)28-9-29-23(12)31/h2-3,5-10,18-20,32-33H,4H2,1H3,(H2,27,30)(H2,26,28,29). The van der Waals surface area contributed by atoms with Gasteiger partial charge in [-0.15, -0.1) is 0 Å². The quantitative estimate of drug-likeness (QED) is 0.308. The van der Waals surface area contributed by atoms with Crippen LogP contribution in [0.1, 0.15) is 18.5 Å². The molecule has 4 aromatic rings. The van der Waals surface area contributed by atoms with E-state index in [1.54, 1.807) is 29.0 Å². The van der Waals surface area contributed by atoms with E-state index >= 15 is 0 Å². The van der Waals surface area contributed by atoms with E-state index in [2.05, 4.69) is 30.9 Å². The molecule has 1 aliphatic rings. The minimum Gasteiger partial charge on any atom is -0.388 e. The highest BCUT2D eigenvalue weighted by atomic mass is 79.9. The molecule has 3 aromatic heterocycles. The number of pyridine rings is 1. The van der Waals surface area contributed by atoms with Crippen LogP contribution in [-0.2, 0) is 6.42 Å². The van der Waals surface area contributed by atoms with Crippen LogP contribution in [0, 0.1) is 11.7 Å². The molecule has 0 fully saturated rings. The zero-order valence-electron chi connectivity index (χ0n) is 17.7. The summed E-state index contributed by atoms with van der Waals surface area (Å²) in [7, 11) is 0. The van der Waals surface area contributed by atoms with Crippen molar-refractivity contribution in [2.75, 3.05) is 11.5 Å². The molecule has 5 rings (SSSR count). The molecule has 0 spiro atoms. The SMILES string of the molecule is CC(Cc1cc(F)c2cc(Br)c(N)nc2c1)C1=CC(n2ccc3c(N)ncnc32)C(O)C1O. The van der Waals surface area contributed by atoms with Crippen LogP contribution < -0.4 is 11.5 Å². The van der Waals surface area contributed by atoms with Crippen molar-refractivity contribution in [2.24, 2.45) is 5.92 Å². The molecule has 10 heteroatoms. The summed E-state index contributed by atoms with van der Waals surface area (Å²) in [6.07, 6.45) is 3.33. The first-order valence-electron chi connectivity index (χ1n) is 10.4. The molecular weight excluding hydrogens is 491 g/mol. The number of halogens is 2. The summed E-state index contributed by atoms with van der Waals surface area (Å²) in [5, 5.41) is 22.7. The number of rotatable bonds is 4. The van der Waals surface area contributed by atoms with Gasteiger partial charge in [-0.3, -0.25) is 0 Å². The summed E-state index contributed by atoms with van der Waals surface area (Å²) in [5.41, 5.74) is 14.2. The van der Waals surface area contributed by atoms with E-state index in [1.807, 2.05) is 13.0 Å². The van der Waals surface area contributed by atoms with Crippen molar-refractivity contribution < 1.29 is 14.6 Å². The summed E-state index contributed by atoms with van der Waals surface area (Å²) in [6, 6.07) is 6.15. The van der Waals surface area contributed by atoms with Gasteiger partial charge in [-0.1, -0.05) is 13.0 Å². The first-order chi connectivity index (χ1) is 15.7. The molecule has 1 aliphatic carbocycles. The van der Waals surface area contributed by atoms with E-state index in [9.17, 15) is 14.6 Å². The molecule has 0 radical (unpaired) electrons. The van der Waals surface area contributed by atoms with Crippen LogP contribution in [0.3, 0.4) is 0 Å². The Labute approximate surface area is 196 Å².